The van der Waals surface area contributed by atoms with E-state index in [1.165, 1.54) is 6.92 Å². The molecule has 7 heteroatoms. The number of nitrogens with zero attached hydrogens (tertiary/aromatic N) is 1. The first kappa shape index (κ1) is 21.5. The van der Waals surface area contributed by atoms with E-state index in [9.17, 15) is 9.59 Å². The fourth-order valence-electron chi connectivity index (χ4n) is 3.22. The SMILES string of the molecule is CC(=O)Oc1cccc2c1c(CC(N)=O)c(C)n2Cc1cccc(Cl)c1.[H-].[Na+]. The Morgan fingerprint density at radius 2 is 1.93 bits per heavy atom. The van der Waals surface area contributed by atoms with Gasteiger partial charge in [0.15, 0.2) is 0 Å². The number of esters is 1. The number of hydrogen-bond donors (Lipinski definition) is 1. The van der Waals surface area contributed by atoms with Gasteiger partial charge in [-0.3, -0.25) is 9.59 Å². The van der Waals surface area contributed by atoms with Gasteiger partial charge in [0.2, 0.25) is 5.91 Å². The Morgan fingerprint density at radius 1 is 1.22 bits per heavy atom. The molecule has 0 aliphatic heterocycles. The van der Waals surface area contributed by atoms with Crippen LogP contribution in [0.15, 0.2) is 42.5 Å². The summed E-state index contributed by atoms with van der Waals surface area (Å²) in [6, 6.07) is 13.1. The van der Waals surface area contributed by atoms with Crippen molar-refractivity contribution in [2.45, 2.75) is 26.8 Å². The first-order chi connectivity index (χ1) is 12.4. The van der Waals surface area contributed by atoms with E-state index in [0.29, 0.717) is 17.3 Å². The molecule has 1 amide bonds. The zero-order valence-electron chi connectivity index (χ0n) is 16.6. The average Bonchev–Trinajstić information content (AvgIpc) is 2.81. The normalized spacial score (nSPS) is 10.5. The monoisotopic (exact) mass is 394 g/mol. The van der Waals surface area contributed by atoms with Crippen molar-refractivity contribution in [1.82, 2.24) is 4.57 Å². The van der Waals surface area contributed by atoms with Crippen LogP contribution in [-0.4, -0.2) is 16.4 Å². The quantitative estimate of drug-likeness (QED) is 0.393. The van der Waals surface area contributed by atoms with Crippen molar-refractivity contribution in [2.75, 3.05) is 0 Å². The number of carbonyl (C=O) groups is 2. The summed E-state index contributed by atoms with van der Waals surface area (Å²) < 4.78 is 7.44. The third kappa shape index (κ3) is 4.74. The van der Waals surface area contributed by atoms with Gasteiger partial charge in [-0.1, -0.05) is 29.8 Å². The topological polar surface area (TPSA) is 74.3 Å². The van der Waals surface area contributed by atoms with Crippen molar-refractivity contribution in [3.05, 3.63) is 64.3 Å². The van der Waals surface area contributed by atoms with Crippen LogP contribution < -0.4 is 40.0 Å². The molecule has 5 nitrogen and oxygen atoms in total. The van der Waals surface area contributed by atoms with Crippen LogP contribution in [0.4, 0.5) is 0 Å². The maximum Gasteiger partial charge on any atom is 1.00 e. The van der Waals surface area contributed by atoms with Gasteiger partial charge >= 0.3 is 35.5 Å². The molecule has 0 aliphatic rings. The van der Waals surface area contributed by atoms with Crippen molar-refractivity contribution < 1.29 is 45.3 Å². The molecular weight excluding hydrogens is 375 g/mol. The molecule has 0 atom stereocenters. The first-order valence-corrected chi connectivity index (χ1v) is 8.56. The second-order valence-corrected chi connectivity index (χ2v) is 6.60. The Bertz CT molecular complexity index is 1020. The summed E-state index contributed by atoms with van der Waals surface area (Å²) in [4.78, 5) is 23.1. The molecule has 1 aromatic heterocycles. The maximum absolute atomic E-state index is 11.6. The average molecular weight is 395 g/mol. The summed E-state index contributed by atoms with van der Waals surface area (Å²) in [6.07, 6.45) is 0.0726. The summed E-state index contributed by atoms with van der Waals surface area (Å²) in [5, 5.41) is 1.40. The molecule has 0 unspecified atom stereocenters. The number of nitrogens with two attached hydrogens (primary N) is 1. The summed E-state index contributed by atoms with van der Waals surface area (Å²) in [5.41, 5.74) is 9.02. The number of hydrogen-bond acceptors (Lipinski definition) is 3. The van der Waals surface area contributed by atoms with Crippen molar-refractivity contribution in [2.24, 2.45) is 5.73 Å². The van der Waals surface area contributed by atoms with Gasteiger partial charge in [-0.2, -0.15) is 0 Å². The van der Waals surface area contributed by atoms with Gasteiger partial charge in [0.25, 0.3) is 0 Å². The number of amides is 1. The number of ether oxygens (including phenoxy) is 1. The molecule has 2 aromatic carbocycles. The minimum Gasteiger partial charge on any atom is -1.00 e. The van der Waals surface area contributed by atoms with Crippen molar-refractivity contribution >= 4 is 34.4 Å². The molecule has 3 rings (SSSR count). The van der Waals surface area contributed by atoms with Gasteiger partial charge in [0.1, 0.15) is 5.75 Å². The smallest absolute Gasteiger partial charge is 1.00 e. The largest absolute Gasteiger partial charge is 1.00 e. The molecule has 1 heterocycles. The van der Waals surface area contributed by atoms with E-state index in [-0.39, 0.29) is 37.4 Å². The van der Waals surface area contributed by atoms with E-state index < -0.39 is 11.9 Å². The molecule has 136 valence electrons. The zero-order chi connectivity index (χ0) is 18.8. The Labute approximate surface area is 186 Å². The Kier molecular flexibility index (Phi) is 7.12. The second-order valence-electron chi connectivity index (χ2n) is 6.17. The molecule has 0 spiro atoms. The molecule has 0 fully saturated rings. The number of halogens is 1. The number of aromatic nitrogens is 1. The van der Waals surface area contributed by atoms with Gasteiger partial charge in [-0.15, -0.1) is 0 Å². The van der Waals surface area contributed by atoms with Gasteiger partial charge in [0, 0.05) is 29.6 Å². The molecule has 0 saturated heterocycles. The Balaban J connectivity index is 0.00000196. The molecular formula is C20H20ClN2NaO3. The van der Waals surface area contributed by atoms with E-state index in [1.54, 1.807) is 6.07 Å². The summed E-state index contributed by atoms with van der Waals surface area (Å²) in [7, 11) is 0. The van der Waals surface area contributed by atoms with E-state index in [4.69, 9.17) is 22.1 Å². The van der Waals surface area contributed by atoms with Crippen molar-refractivity contribution in [3.63, 3.8) is 0 Å². The van der Waals surface area contributed by atoms with Gasteiger partial charge in [0.05, 0.1) is 11.9 Å². The van der Waals surface area contributed by atoms with Gasteiger partial charge < -0.3 is 16.5 Å². The predicted octanol–water partition coefficient (Wildman–Crippen LogP) is 0.721. The van der Waals surface area contributed by atoms with Crippen LogP contribution >= 0.6 is 11.6 Å². The standard InChI is InChI=1S/C20H19ClN2O3.Na.H/c1-12-16(10-19(22)25)20-17(7-4-8-18(20)26-13(2)24)23(12)11-14-5-3-6-15(21)9-14;;/h3-9H,10-11H2,1-2H3,(H2,22,25);;/q;+1;-1. The number of primary amides is 1. The second kappa shape index (κ2) is 8.93. The van der Waals surface area contributed by atoms with E-state index in [2.05, 4.69) is 4.57 Å². The molecule has 27 heavy (non-hydrogen) atoms. The van der Waals surface area contributed by atoms with E-state index in [1.807, 2.05) is 43.3 Å². The van der Waals surface area contributed by atoms with Crippen LogP contribution in [-0.2, 0) is 22.6 Å². The maximum atomic E-state index is 11.6. The summed E-state index contributed by atoms with van der Waals surface area (Å²) >= 11 is 6.10. The van der Waals surface area contributed by atoms with Gasteiger partial charge in [-0.25, -0.2) is 0 Å². The first-order valence-electron chi connectivity index (χ1n) is 8.18. The fourth-order valence-corrected chi connectivity index (χ4v) is 3.44. The molecule has 2 N–H and O–H groups in total. The summed E-state index contributed by atoms with van der Waals surface area (Å²) in [5.74, 6) is -0.422. The fraction of sp³-hybridized carbons (Fsp3) is 0.200. The minimum absolute atomic E-state index is 0. The predicted molar refractivity (Wildman–Crippen MR) is 103 cm³/mol. The van der Waals surface area contributed by atoms with Crippen LogP contribution in [0.3, 0.4) is 0 Å². The Hall–Kier alpha value is -1.79. The molecule has 0 radical (unpaired) electrons. The minimum atomic E-state index is -0.437. The third-order valence-electron chi connectivity index (χ3n) is 4.27. The van der Waals surface area contributed by atoms with Crippen LogP contribution in [0.1, 0.15) is 25.2 Å². The number of carbonyl (C=O) groups excluding carboxylic acids is 2. The van der Waals surface area contributed by atoms with E-state index in [0.717, 1.165) is 27.7 Å². The molecule has 0 aliphatic carbocycles. The molecule has 3 aromatic rings. The zero-order valence-corrected chi connectivity index (χ0v) is 18.3. The number of rotatable bonds is 5. The van der Waals surface area contributed by atoms with Gasteiger partial charge in [-0.05, 0) is 42.3 Å². The van der Waals surface area contributed by atoms with Crippen LogP contribution in [0.5, 0.6) is 5.75 Å². The summed E-state index contributed by atoms with van der Waals surface area (Å²) in [6.45, 7) is 3.86. The van der Waals surface area contributed by atoms with Crippen LogP contribution in [0.25, 0.3) is 10.9 Å². The number of benzene rings is 2. The third-order valence-corrected chi connectivity index (χ3v) is 4.51. The van der Waals surface area contributed by atoms with E-state index >= 15 is 0 Å². The van der Waals surface area contributed by atoms with Crippen molar-refractivity contribution in [3.8, 4) is 5.75 Å². The molecule has 0 saturated carbocycles. The number of fused-ring (bicyclic) bond motifs is 1. The Morgan fingerprint density at radius 3 is 2.56 bits per heavy atom. The van der Waals surface area contributed by atoms with Crippen molar-refractivity contribution in [1.29, 1.82) is 0 Å². The van der Waals surface area contributed by atoms with Crippen LogP contribution in [0, 0.1) is 6.92 Å². The molecule has 0 bridgehead atoms. The van der Waals surface area contributed by atoms with Crippen LogP contribution in [0.2, 0.25) is 5.02 Å².